The van der Waals surface area contributed by atoms with Crippen LogP contribution in [-0.2, 0) is 11.3 Å². The molecule has 0 saturated heterocycles. The Kier molecular flexibility index (Phi) is 4.24. The Labute approximate surface area is 114 Å². The van der Waals surface area contributed by atoms with Gasteiger partial charge in [-0.3, -0.25) is 4.79 Å². The molecular weight excluding hydrogens is 302 g/mol. The van der Waals surface area contributed by atoms with Crippen molar-refractivity contribution in [3.63, 3.8) is 0 Å². The summed E-state index contributed by atoms with van der Waals surface area (Å²) < 4.78 is 0.706. The predicted octanol–water partition coefficient (Wildman–Crippen LogP) is 3.79. The van der Waals surface area contributed by atoms with Crippen LogP contribution in [-0.4, -0.2) is 5.78 Å². The van der Waals surface area contributed by atoms with Crippen molar-refractivity contribution in [2.75, 3.05) is 0 Å². The van der Waals surface area contributed by atoms with Crippen LogP contribution in [0.2, 0.25) is 5.02 Å². The minimum atomic E-state index is 0.190. The van der Waals surface area contributed by atoms with Gasteiger partial charge in [-0.2, -0.15) is 0 Å². The number of halogens is 2. The molecule has 0 saturated carbocycles. The van der Waals surface area contributed by atoms with Crippen molar-refractivity contribution in [3.8, 4) is 0 Å². The summed E-state index contributed by atoms with van der Waals surface area (Å²) in [7, 11) is 0. The highest BCUT2D eigenvalue weighted by molar-refractivity contribution is 9.12. The Morgan fingerprint density at radius 1 is 1.24 bits per heavy atom. The fraction of sp³-hybridized carbons (Fsp3) is 0.308. The molecule has 0 spiro atoms. The average Bonchev–Trinajstić information content (AvgIpc) is 2.33. The van der Waals surface area contributed by atoms with Gasteiger partial charge >= 0.3 is 0 Å². The highest BCUT2D eigenvalue weighted by Crippen LogP contribution is 2.24. The van der Waals surface area contributed by atoms with E-state index in [0.717, 1.165) is 35.7 Å². The van der Waals surface area contributed by atoms with Crippen LogP contribution in [0.4, 0.5) is 0 Å². The standard InChI is InChI=1S/C13H13BrClNO/c14-13-11(2-1-3-12(13)17)16-8-9-4-6-10(15)7-5-9/h4-7,16H,1-3,8H2. The number of ketones is 1. The maximum absolute atomic E-state index is 11.5. The Morgan fingerprint density at radius 3 is 2.65 bits per heavy atom. The zero-order valence-corrected chi connectivity index (χ0v) is 11.6. The van der Waals surface area contributed by atoms with E-state index in [-0.39, 0.29) is 5.78 Å². The lowest BCUT2D eigenvalue weighted by Crippen LogP contribution is -2.19. The molecule has 4 heteroatoms. The van der Waals surface area contributed by atoms with Crippen LogP contribution in [0.25, 0.3) is 0 Å². The molecule has 1 aliphatic rings. The Hall–Kier alpha value is -0.800. The van der Waals surface area contributed by atoms with Crippen LogP contribution in [0.1, 0.15) is 24.8 Å². The van der Waals surface area contributed by atoms with Crippen molar-refractivity contribution in [1.82, 2.24) is 5.32 Å². The summed E-state index contributed by atoms with van der Waals surface area (Å²) >= 11 is 9.17. The zero-order chi connectivity index (χ0) is 12.3. The minimum absolute atomic E-state index is 0.190. The molecule has 0 fully saturated rings. The molecule has 1 aromatic rings. The van der Waals surface area contributed by atoms with Crippen LogP contribution >= 0.6 is 27.5 Å². The number of benzene rings is 1. The summed E-state index contributed by atoms with van der Waals surface area (Å²) in [6, 6.07) is 7.70. The van der Waals surface area contributed by atoms with Crippen LogP contribution in [0.5, 0.6) is 0 Å². The molecule has 0 heterocycles. The third-order valence-electron chi connectivity index (χ3n) is 2.76. The van der Waals surface area contributed by atoms with Crippen molar-refractivity contribution in [1.29, 1.82) is 0 Å². The minimum Gasteiger partial charge on any atom is -0.383 e. The second-order valence-electron chi connectivity index (χ2n) is 4.05. The summed E-state index contributed by atoms with van der Waals surface area (Å²) in [4.78, 5) is 11.5. The highest BCUT2D eigenvalue weighted by Gasteiger charge is 2.17. The summed E-state index contributed by atoms with van der Waals surface area (Å²) in [5, 5.41) is 4.04. The van der Waals surface area contributed by atoms with Crippen molar-refractivity contribution < 1.29 is 4.79 Å². The van der Waals surface area contributed by atoms with Crippen molar-refractivity contribution in [3.05, 3.63) is 45.0 Å². The Balaban J connectivity index is 2.00. The van der Waals surface area contributed by atoms with Crippen molar-refractivity contribution in [2.45, 2.75) is 25.8 Å². The maximum atomic E-state index is 11.5. The molecule has 0 bridgehead atoms. The lowest BCUT2D eigenvalue weighted by Gasteiger charge is -2.17. The van der Waals surface area contributed by atoms with E-state index in [2.05, 4.69) is 21.2 Å². The fourth-order valence-electron chi connectivity index (χ4n) is 1.79. The molecular formula is C13H13BrClNO. The first kappa shape index (κ1) is 12.7. The normalized spacial score (nSPS) is 16.2. The van der Waals surface area contributed by atoms with Crippen LogP contribution < -0.4 is 5.32 Å². The van der Waals surface area contributed by atoms with Gasteiger partial charge in [0.05, 0.1) is 4.48 Å². The number of allylic oxidation sites excluding steroid dienone is 2. The molecule has 0 unspecified atom stereocenters. The average molecular weight is 315 g/mol. The number of carbonyl (C=O) groups excluding carboxylic acids is 1. The van der Waals surface area contributed by atoms with E-state index in [9.17, 15) is 4.79 Å². The van der Waals surface area contributed by atoms with Gasteiger partial charge in [-0.25, -0.2) is 0 Å². The molecule has 1 aromatic carbocycles. The highest BCUT2D eigenvalue weighted by atomic mass is 79.9. The number of Topliss-reactive ketones (excluding diaryl/α,β-unsaturated/α-hetero) is 1. The Morgan fingerprint density at radius 2 is 1.94 bits per heavy atom. The molecule has 0 radical (unpaired) electrons. The first-order chi connectivity index (χ1) is 8.16. The number of nitrogens with one attached hydrogen (secondary N) is 1. The summed E-state index contributed by atoms with van der Waals surface area (Å²) in [5.74, 6) is 0.190. The predicted molar refractivity (Wildman–Crippen MR) is 73.1 cm³/mol. The summed E-state index contributed by atoms with van der Waals surface area (Å²) in [6.45, 7) is 0.717. The van der Waals surface area contributed by atoms with Gasteiger partial charge in [0.15, 0.2) is 5.78 Å². The van der Waals surface area contributed by atoms with E-state index in [1.165, 1.54) is 0 Å². The molecule has 0 amide bonds. The smallest absolute Gasteiger partial charge is 0.171 e. The van der Waals surface area contributed by atoms with E-state index >= 15 is 0 Å². The molecule has 0 atom stereocenters. The number of carbonyl (C=O) groups is 1. The summed E-state index contributed by atoms with van der Waals surface area (Å²) in [5.41, 5.74) is 2.16. The van der Waals surface area contributed by atoms with Crippen LogP contribution in [0.15, 0.2) is 34.4 Å². The second kappa shape index (κ2) is 5.69. The topological polar surface area (TPSA) is 29.1 Å². The second-order valence-corrected chi connectivity index (χ2v) is 5.28. The molecule has 1 N–H and O–H groups in total. The van der Waals surface area contributed by atoms with E-state index in [1.807, 2.05) is 24.3 Å². The van der Waals surface area contributed by atoms with E-state index in [1.54, 1.807) is 0 Å². The van der Waals surface area contributed by atoms with Gasteiger partial charge in [0.2, 0.25) is 0 Å². The Bertz CT molecular complexity index is 453. The van der Waals surface area contributed by atoms with Crippen LogP contribution in [0.3, 0.4) is 0 Å². The quantitative estimate of drug-likeness (QED) is 0.919. The van der Waals surface area contributed by atoms with Gasteiger partial charge in [-0.15, -0.1) is 0 Å². The van der Waals surface area contributed by atoms with Gasteiger partial charge in [0, 0.05) is 23.7 Å². The first-order valence-corrected chi connectivity index (χ1v) is 6.74. The monoisotopic (exact) mass is 313 g/mol. The van der Waals surface area contributed by atoms with Gasteiger partial charge in [-0.05, 0) is 46.5 Å². The number of hydrogen-bond donors (Lipinski definition) is 1. The zero-order valence-electron chi connectivity index (χ0n) is 9.30. The SMILES string of the molecule is O=C1CCCC(NCc2ccc(Cl)cc2)=C1Br. The third kappa shape index (κ3) is 3.33. The largest absolute Gasteiger partial charge is 0.383 e. The van der Waals surface area contributed by atoms with Gasteiger partial charge < -0.3 is 5.32 Å². The third-order valence-corrected chi connectivity index (χ3v) is 3.93. The fourth-order valence-corrected chi connectivity index (χ4v) is 2.45. The van der Waals surface area contributed by atoms with Gasteiger partial charge in [-0.1, -0.05) is 23.7 Å². The summed E-state index contributed by atoms with van der Waals surface area (Å²) in [6.07, 6.45) is 2.50. The number of hydrogen-bond acceptors (Lipinski definition) is 2. The molecule has 17 heavy (non-hydrogen) atoms. The molecule has 90 valence electrons. The van der Waals surface area contributed by atoms with E-state index in [4.69, 9.17) is 11.6 Å². The van der Waals surface area contributed by atoms with Crippen LogP contribution in [0, 0.1) is 0 Å². The molecule has 0 aliphatic heterocycles. The van der Waals surface area contributed by atoms with Gasteiger partial charge in [0.1, 0.15) is 0 Å². The van der Waals surface area contributed by atoms with Gasteiger partial charge in [0.25, 0.3) is 0 Å². The maximum Gasteiger partial charge on any atom is 0.171 e. The lowest BCUT2D eigenvalue weighted by molar-refractivity contribution is -0.115. The van der Waals surface area contributed by atoms with E-state index < -0.39 is 0 Å². The lowest BCUT2D eigenvalue weighted by atomic mass is 10.0. The number of rotatable bonds is 3. The first-order valence-electron chi connectivity index (χ1n) is 5.57. The van der Waals surface area contributed by atoms with Crippen molar-refractivity contribution >= 4 is 33.3 Å². The molecule has 1 aliphatic carbocycles. The molecule has 2 rings (SSSR count). The van der Waals surface area contributed by atoms with E-state index in [0.29, 0.717) is 10.9 Å². The molecule has 0 aromatic heterocycles. The van der Waals surface area contributed by atoms with Crippen molar-refractivity contribution in [2.24, 2.45) is 0 Å². The molecule has 2 nitrogen and oxygen atoms in total.